The molecule has 1 heterocycles. The monoisotopic (exact) mass is 415 g/mol. The quantitative estimate of drug-likeness (QED) is 0.478. The number of carbonyl (C=O) groups excluding carboxylic acids is 2. The second-order valence-corrected chi connectivity index (χ2v) is 7.29. The second kappa shape index (κ2) is 9.89. The molecule has 0 spiro atoms. The highest BCUT2D eigenvalue weighted by Crippen LogP contribution is 2.48. The minimum atomic E-state index is -0.714. The first-order valence-corrected chi connectivity index (χ1v) is 10.3. The van der Waals surface area contributed by atoms with E-state index in [1.54, 1.807) is 20.3 Å². The molecule has 0 fully saturated rings. The van der Waals surface area contributed by atoms with Gasteiger partial charge in [0.05, 0.1) is 20.8 Å². The van der Waals surface area contributed by atoms with Gasteiger partial charge < -0.3 is 18.9 Å². The van der Waals surface area contributed by atoms with Crippen molar-refractivity contribution >= 4 is 17.5 Å². The Kier molecular flexibility index (Phi) is 7.26. The minimum absolute atomic E-state index is 0.0227. The van der Waals surface area contributed by atoms with Crippen molar-refractivity contribution in [2.24, 2.45) is 10.9 Å². The molecule has 162 valence electrons. The van der Waals surface area contributed by atoms with Gasteiger partial charge in [0.2, 0.25) is 0 Å². The number of aliphatic imine (C=N–C) groups is 1. The fourth-order valence-corrected chi connectivity index (χ4v) is 4.24. The Labute approximate surface area is 177 Å². The van der Waals surface area contributed by atoms with Crippen LogP contribution in [0.4, 0.5) is 0 Å². The molecule has 7 nitrogen and oxygen atoms in total. The summed E-state index contributed by atoms with van der Waals surface area (Å²) in [6.07, 6.45) is 1.93. The van der Waals surface area contributed by atoms with Crippen LogP contribution in [0.5, 0.6) is 11.5 Å². The molecule has 7 heteroatoms. The van der Waals surface area contributed by atoms with Crippen molar-refractivity contribution in [3.05, 3.63) is 35.0 Å². The average Bonchev–Trinajstić information content (AvgIpc) is 2.75. The minimum Gasteiger partial charge on any atom is -0.493 e. The summed E-state index contributed by atoms with van der Waals surface area (Å²) in [5.74, 6) is -0.588. The second-order valence-electron chi connectivity index (χ2n) is 7.29. The number of benzene rings is 1. The fraction of sp³-hybridized carbons (Fsp3) is 0.522. The Bertz CT molecular complexity index is 872. The van der Waals surface area contributed by atoms with Crippen molar-refractivity contribution < 1.29 is 28.5 Å². The topological polar surface area (TPSA) is 83.4 Å². The fourth-order valence-electron chi connectivity index (χ4n) is 4.24. The third-order valence-electron chi connectivity index (χ3n) is 5.53. The Morgan fingerprint density at radius 2 is 1.97 bits per heavy atom. The molecule has 1 unspecified atom stereocenters. The molecule has 0 radical (unpaired) electrons. The highest BCUT2D eigenvalue weighted by Gasteiger charge is 2.44. The lowest BCUT2D eigenvalue weighted by atomic mass is 9.71. The molecule has 3 rings (SSSR count). The predicted octanol–water partition coefficient (Wildman–Crippen LogP) is 3.46. The summed E-state index contributed by atoms with van der Waals surface area (Å²) in [6.45, 7) is 4.73. The number of nitrogens with zero attached hydrogens (tertiary/aromatic N) is 1. The highest BCUT2D eigenvalue weighted by atomic mass is 16.6. The molecule has 0 amide bonds. The van der Waals surface area contributed by atoms with E-state index in [1.807, 2.05) is 26.0 Å². The zero-order valence-electron chi connectivity index (χ0n) is 18.0. The molecule has 0 N–H and O–H groups in total. The molecule has 30 heavy (non-hydrogen) atoms. The lowest BCUT2D eigenvalue weighted by molar-refractivity contribution is -0.148. The third kappa shape index (κ3) is 4.26. The SMILES string of the molecule is CCOCCOC(=O)C1C(C)=NC2=C(C(=O)CCC2)[C@H]1c1cccc(OC)c1OC. The van der Waals surface area contributed by atoms with Crippen molar-refractivity contribution in [2.45, 2.75) is 39.0 Å². The normalized spacial score (nSPS) is 21.1. The number of hydrogen-bond acceptors (Lipinski definition) is 7. The van der Waals surface area contributed by atoms with E-state index in [2.05, 4.69) is 4.99 Å². The lowest BCUT2D eigenvalue weighted by Crippen LogP contribution is -2.37. The molecule has 0 saturated heterocycles. The van der Waals surface area contributed by atoms with Gasteiger partial charge >= 0.3 is 5.97 Å². The number of para-hydroxylation sites is 1. The molecule has 2 aliphatic rings. The first-order chi connectivity index (χ1) is 14.5. The van der Waals surface area contributed by atoms with Crippen LogP contribution in [0.25, 0.3) is 0 Å². The summed E-state index contributed by atoms with van der Waals surface area (Å²) in [7, 11) is 3.11. The molecule has 0 bridgehead atoms. The summed E-state index contributed by atoms with van der Waals surface area (Å²) in [4.78, 5) is 30.7. The maximum Gasteiger partial charge on any atom is 0.315 e. The van der Waals surface area contributed by atoms with Crippen LogP contribution in [0, 0.1) is 5.92 Å². The lowest BCUT2D eigenvalue weighted by Gasteiger charge is -2.35. The maximum absolute atomic E-state index is 13.1. The van der Waals surface area contributed by atoms with Crippen LogP contribution in [0.2, 0.25) is 0 Å². The number of esters is 1. The van der Waals surface area contributed by atoms with Crippen molar-refractivity contribution in [1.82, 2.24) is 0 Å². The van der Waals surface area contributed by atoms with Gasteiger partial charge in [-0.05, 0) is 32.8 Å². The molecule has 0 saturated carbocycles. The van der Waals surface area contributed by atoms with Gasteiger partial charge in [-0.3, -0.25) is 14.6 Å². The van der Waals surface area contributed by atoms with E-state index in [0.29, 0.717) is 48.8 Å². The first kappa shape index (κ1) is 22.0. The van der Waals surface area contributed by atoms with E-state index < -0.39 is 17.8 Å². The van der Waals surface area contributed by atoms with Gasteiger partial charge in [-0.25, -0.2) is 0 Å². The molecule has 1 aliphatic carbocycles. The Balaban J connectivity index is 2.08. The molecular weight excluding hydrogens is 386 g/mol. The van der Waals surface area contributed by atoms with Gasteiger partial charge in [-0.1, -0.05) is 12.1 Å². The molecular formula is C23H29NO6. The Morgan fingerprint density at radius 1 is 1.17 bits per heavy atom. The molecule has 1 aromatic carbocycles. The zero-order valence-corrected chi connectivity index (χ0v) is 18.0. The van der Waals surface area contributed by atoms with Gasteiger partial charge in [-0.15, -0.1) is 0 Å². The van der Waals surface area contributed by atoms with E-state index in [0.717, 1.165) is 17.7 Å². The standard InChI is InChI=1S/C23H29NO6/c1-5-29-12-13-30-23(26)19-14(2)24-16-9-7-10-17(25)21(16)20(19)15-8-6-11-18(27-3)22(15)28-4/h6,8,11,19-20H,5,7,9-10,12-13H2,1-4H3/t19?,20-/m0/s1. The third-order valence-corrected chi connectivity index (χ3v) is 5.53. The number of rotatable bonds is 8. The summed E-state index contributed by atoms with van der Waals surface area (Å²) >= 11 is 0. The predicted molar refractivity (Wildman–Crippen MR) is 112 cm³/mol. The van der Waals surface area contributed by atoms with Gasteiger partial charge in [0, 0.05) is 41.5 Å². The molecule has 1 aliphatic heterocycles. The van der Waals surface area contributed by atoms with E-state index in [9.17, 15) is 9.59 Å². The largest absolute Gasteiger partial charge is 0.493 e. The Morgan fingerprint density at radius 3 is 2.67 bits per heavy atom. The van der Waals surface area contributed by atoms with Crippen molar-refractivity contribution in [1.29, 1.82) is 0 Å². The van der Waals surface area contributed by atoms with Crippen LogP contribution in [0.3, 0.4) is 0 Å². The number of carbonyl (C=O) groups is 2. The number of ketones is 1. The summed E-state index contributed by atoms with van der Waals surface area (Å²) in [5.41, 5.74) is 2.71. The smallest absolute Gasteiger partial charge is 0.315 e. The van der Waals surface area contributed by atoms with E-state index in [-0.39, 0.29) is 12.4 Å². The van der Waals surface area contributed by atoms with Gasteiger partial charge in [0.1, 0.15) is 12.5 Å². The summed E-state index contributed by atoms with van der Waals surface area (Å²) in [6, 6.07) is 5.50. The van der Waals surface area contributed by atoms with Gasteiger partial charge in [0.25, 0.3) is 0 Å². The van der Waals surface area contributed by atoms with Crippen LogP contribution in [0.15, 0.2) is 34.5 Å². The van der Waals surface area contributed by atoms with Crippen LogP contribution in [-0.4, -0.2) is 51.5 Å². The van der Waals surface area contributed by atoms with Crippen molar-refractivity contribution in [3.8, 4) is 11.5 Å². The van der Waals surface area contributed by atoms with Crippen LogP contribution >= 0.6 is 0 Å². The van der Waals surface area contributed by atoms with E-state index >= 15 is 0 Å². The Hall–Kier alpha value is -2.67. The summed E-state index contributed by atoms with van der Waals surface area (Å²) < 4.78 is 21.9. The number of ether oxygens (including phenoxy) is 4. The number of allylic oxidation sites excluding steroid dienone is 2. The van der Waals surface area contributed by atoms with Crippen LogP contribution in [-0.2, 0) is 19.1 Å². The number of methoxy groups -OCH3 is 2. The average molecular weight is 415 g/mol. The number of hydrogen-bond donors (Lipinski definition) is 0. The van der Waals surface area contributed by atoms with Crippen LogP contribution < -0.4 is 9.47 Å². The van der Waals surface area contributed by atoms with Gasteiger partial charge in [-0.2, -0.15) is 0 Å². The first-order valence-electron chi connectivity index (χ1n) is 10.3. The zero-order chi connectivity index (χ0) is 21.7. The highest BCUT2D eigenvalue weighted by molar-refractivity contribution is 6.09. The van der Waals surface area contributed by atoms with Crippen molar-refractivity contribution in [2.75, 3.05) is 34.0 Å². The molecule has 1 aromatic rings. The number of Topliss-reactive ketones (excluding diaryl/α,β-unsaturated/α-hetero) is 1. The maximum atomic E-state index is 13.1. The molecule has 0 aromatic heterocycles. The van der Waals surface area contributed by atoms with E-state index in [4.69, 9.17) is 18.9 Å². The summed E-state index contributed by atoms with van der Waals surface area (Å²) in [5, 5.41) is 0. The van der Waals surface area contributed by atoms with Crippen molar-refractivity contribution in [3.63, 3.8) is 0 Å². The van der Waals surface area contributed by atoms with Crippen LogP contribution in [0.1, 0.15) is 44.6 Å². The van der Waals surface area contributed by atoms with Gasteiger partial charge in [0.15, 0.2) is 17.3 Å². The molecule has 2 atom stereocenters. The van der Waals surface area contributed by atoms with E-state index in [1.165, 1.54) is 0 Å².